The van der Waals surface area contributed by atoms with Crippen molar-refractivity contribution in [1.82, 2.24) is 60.3 Å². The Morgan fingerprint density at radius 3 is 2.39 bits per heavy atom. The number of rotatable bonds is 10. The summed E-state index contributed by atoms with van der Waals surface area (Å²) >= 11 is 0. The first-order valence-electron chi connectivity index (χ1n) is 19.0. The second kappa shape index (κ2) is 16.3. The Balaban J connectivity index is 0.888. The van der Waals surface area contributed by atoms with Gasteiger partial charge in [0.2, 0.25) is 5.91 Å². The number of nitrogens with zero attached hydrogens (tertiary/aromatic N) is 12. The van der Waals surface area contributed by atoms with E-state index in [0.717, 1.165) is 17.3 Å². The fourth-order valence-corrected chi connectivity index (χ4v) is 7.18. The van der Waals surface area contributed by atoms with Crippen LogP contribution in [0.2, 0.25) is 0 Å². The number of halogens is 1. The predicted octanol–water partition coefficient (Wildman–Crippen LogP) is 2.32. The van der Waals surface area contributed by atoms with Gasteiger partial charge in [0, 0.05) is 38.7 Å². The Morgan fingerprint density at radius 2 is 1.58 bits per heavy atom. The number of anilines is 2. The van der Waals surface area contributed by atoms with Crippen LogP contribution in [0.25, 0.3) is 11.4 Å². The first kappa shape index (κ1) is 38.6. The smallest absolute Gasteiger partial charge is 0.275 e. The van der Waals surface area contributed by atoms with Crippen LogP contribution in [0.15, 0.2) is 73.4 Å². The van der Waals surface area contributed by atoms with E-state index in [1.54, 1.807) is 50.4 Å². The van der Waals surface area contributed by atoms with E-state index in [1.165, 1.54) is 20.7 Å². The first-order chi connectivity index (χ1) is 28.5. The Hall–Kier alpha value is -7.31. The minimum Gasteiger partial charge on any atom is -0.350 e. The molecule has 0 radical (unpaired) electrons. The molecule has 0 saturated carbocycles. The van der Waals surface area contributed by atoms with Crippen LogP contribution in [0.5, 0.6) is 0 Å². The second-order valence-corrected chi connectivity index (χ2v) is 14.4. The van der Waals surface area contributed by atoms with Crippen molar-refractivity contribution in [2.24, 2.45) is 5.92 Å². The highest BCUT2D eigenvalue weighted by Gasteiger charge is 2.33. The number of aryl methyl sites for hydroxylation is 3. The summed E-state index contributed by atoms with van der Waals surface area (Å²) < 4.78 is 18.0. The molecule has 6 aromatic rings. The number of hydrogen-bond acceptors (Lipinski definition) is 12. The molecule has 0 spiro atoms. The van der Waals surface area contributed by atoms with E-state index in [2.05, 4.69) is 41.0 Å². The maximum atomic E-state index is 15.1. The van der Waals surface area contributed by atoms with Gasteiger partial charge >= 0.3 is 0 Å². The molecule has 5 aromatic heterocycles. The molecule has 19 heteroatoms. The molecule has 7 heterocycles. The highest BCUT2D eigenvalue weighted by Crippen LogP contribution is 2.28. The summed E-state index contributed by atoms with van der Waals surface area (Å²) in [4.78, 5) is 78.2. The zero-order valence-electron chi connectivity index (χ0n) is 32.4. The molecular formula is C40H39FN14O4. The van der Waals surface area contributed by atoms with Gasteiger partial charge in [-0.25, -0.2) is 24.0 Å². The summed E-state index contributed by atoms with van der Waals surface area (Å²) in [5, 5.41) is 17.7. The SMILES string of the molecule is Cc1nc(-c2cnc3c(n2)CC[C@H](CNC(=O)c2cn(Cc4ccccc4)nn2)C(=O)N3C)ccc1Cn1cc(F)c(C(=O)N[C@H]2CCc3nccnc3N(C)C2=O)n1. The van der Waals surface area contributed by atoms with Crippen LogP contribution in [-0.4, -0.2) is 100 Å². The van der Waals surface area contributed by atoms with Crippen LogP contribution in [0, 0.1) is 18.7 Å². The Kier molecular flexibility index (Phi) is 10.6. The van der Waals surface area contributed by atoms with E-state index in [9.17, 15) is 19.2 Å². The van der Waals surface area contributed by atoms with Crippen molar-refractivity contribution in [3.63, 3.8) is 0 Å². The Labute approximate surface area is 336 Å². The number of carbonyl (C=O) groups is 4. The lowest BCUT2D eigenvalue weighted by molar-refractivity contribution is -0.122. The highest BCUT2D eigenvalue weighted by atomic mass is 19.1. The molecule has 0 bridgehead atoms. The molecule has 0 aliphatic carbocycles. The number of likely N-dealkylation sites (N-methyl/N-ethyl adjacent to an activating group) is 1. The molecule has 2 N–H and O–H groups in total. The van der Waals surface area contributed by atoms with Gasteiger partial charge < -0.3 is 10.6 Å². The molecule has 59 heavy (non-hydrogen) atoms. The molecule has 2 aliphatic heterocycles. The van der Waals surface area contributed by atoms with Crippen LogP contribution in [0.1, 0.15) is 62.0 Å². The average Bonchev–Trinajstić information content (AvgIpc) is 3.82. The number of carbonyl (C=O) groups excluding carboxylic acids is 4. The summed E-state index contributed by atoms with van der Waals surface area (Å²) in [5.41, 5.74) is 4.39. The van der Waals surface area contributed by atoms with Crippen LogP contribution in [0.4, 0.5) is 16.0 Å². The Morgan fingerprint density at radius 1 is 0.814 bits per heavy atom. The third-order valence-electron chi connectivity index (χ3n) is 10.4. The molecule has 300 valence electrons. The lowest BCUT2D eigenvalue weighted by Gasteiger charge is -2.20. The fourth-order valence-electron chi connectivity index (χ4n) is 7.18. The van der Waals surface area contributed by atoms with Gasteiger partial charge in [-0.05, 0) is 49.8 Å². The van der Waals surface area contributed by atoms with Gasteiger partial charge in [0.05, 0.1) is 54.7 Å². The van der Waals surface area contributed by atoms with Gasteiger partial charge in [-0.1, -0.05) is 41.6 Å². The third-order valence-corrected chi connectivity index (χ3v) is 10.4. The van der Waals surface area contributed by atoms with Gasteiger partial charge in [0.1, 0.15) is 11.7 Å². The summed E-state index contributed by atoms with van der Waals surface area (Å²) in [5.74, 6) is -2.31. The topological polar surface area (TPSA) is 212 Å². The van der Waals surface area contributed by atoms with Crippen LogP contribution in [-0.2, 0) is 35.5 Å². The molecule has 18 nitrogen and oxygen atoms in total. The number of pyridine rings is 1. The van der Waals surface area contributed by atoms with E-state index in [-0.39, 0.29) is 37.0 Å². The normalized spacial score (nSPS) is 16.5. The monoisotopic (exact) mass is 798 g/mol. The van der Waals surface area contributed by atoms with Crippen molar-refractivity contribution in [1.29, 1.82) is 0 Å². The molecular weight excluding hydrogens is 760 g/mol. The predicted molar refractivity (Wildman–Crippen MR) is 209 cm³/mol. The molecule has 0 unspecified atom stereocenters. The minimum atomic E-state index is -0.913. The van der Waals surface area contributed by atoms with Crippen molar-refractivity contribution in [2.75, 3.05) is 30.4 Å². The van der Waals surface area contributed by atoms with Gasteiger partial charge in [-0.15, -0.1) is 5.10 Å². The summed E-state index contributed by atoms with van der Waals surface area (Å²) in [7, 11) is 3.20. The van der Waals surface area contributed by atoms with Crippen molar-refractivity contribution in [3.05, 3.63) is 119 Å². The van der Waals surface area contributed by atoms with Crippen molar-refractivity contribution in [2.45, 2.75) is 51.7 Å². The van der Waals surface area contributed by atoms with E-state index >= 15 is 4.39 Å². The lowest BCUT2D eigenvalue weighted by atomic mass is 10.0. The van der Waals surface area contributed by atoms with E-state index in [1.807, 2.05) is 36.4 Å². The van der Waals surface area contributed by atoms with Gasteiger partial charge in [0.15, 0.2) is 28.8 Å². The van der Waals surface area contributed by atoms with Gasteiger partial charge in [-0.3, -0.25) is 43.6 Å². The minimum absolute atomic E-state index is 0.103. The number of aromatic nitrogens is 10. The van der Waals surface area contributed by atoms with Crippen molar-refractivity contribution < 1.29 is 23.6 Å². The zero-order valence-corrected chi connectivity index (χ0v) is 32.4. The number of benzene rings is 1. The van der Waals surface area contributed by atoms with Crippen molar-refractivity contribution >= 4 is 35.3 Å². The largest absolute Gasteiger partial charge is 0.350 e. The lowest BCUT2D eigenvalue weighted by Crippen LogP contribution is -2.47. The Bertz CT molecular complexity index is 2580. The van der Waals surface area contributed by atoms with Crippen LogP contribution >= 0.6 is 0 Å². The number of amides is 4. The second-order valence-electron chi connectivity index (χ2n) is 14.4. The number of fused-ring (bicyclic) bond motifs is 2. The van der Waals surface area contributed by atoms with E-state index < -0.39 is 35.3 Å². The molecule has 2 atom stereocenters. The summed E-state index contributed by atoms with van der Waals surface area (Å²) in [6.45, 7) is 2.49. The summed E-state index contributed by atoms with van der Waals surface area (Å²) in [6.07, 6.45) is 8.83. The molecule has 0 saturated heterocycles. The number of nitrogens with one attached hydrogen (secondary N) is 2. The number of hydrogen-bond donors (Lipinski definition) is 2. The standard InChI is InChI=1S/C40H39FN14O4/c1-23-26(20-54-21-27(41)34(50-54)38(57)48-31-14-13-29-35(43-16-15-42-29)53(3)40(31)59)10-11-28(46-23)32-18-44-36-30(47-32)12-9-25(39(58)52(36)2)17-45-37(56)33-22-55(51-49-33)19-24-7-5-4-6-8-24/h4-8,10-11,15-16,18,21-22,25,31H,9,12-14,17,19-20H2,1-3H3,(H,45,56)(H,48,57)/t25-,31+/m1/s1. The third kappa shape index (κ3) is 8.12. The highest BCUT2D eigenvalue weighted by molar-refractivity contribution is 6.02. The first-order valence-corrected chi connectivity index (χ1v) is 19.0. The fraction of sp³-hybridized carbons (Fsp3) is 0.300. The van der Waals surface area contributed by atoms with Gasteiger partial charge in [-0.2, -0.15) is 5.10 Å². The quantitative estimate of drug-likeness (QED) is 0.205. The van der Waals surface area contributed by atoms with Crippen LogP contribution < -0.4 is 20.4 Å². The molecule has 8 rings (SSSR count). The van der Waals surface area contributed by atoms with Crippen LogP contribution in [0.3, 0.4) is 0 Å². The van der Waals surface area contributed by atoms with Gasteiger partial charge in [0.25, 0.3) is 17.7 Å². The maximum absolute atomic E-state index is 15.1. The molecule has 4 amide bonds. The molecule has 0 fully saturated rings. The maximum Gasteiger partial charge on any atom is 0.275 e. The van der Waals surface area contributed by atoms with E-state index in [4.69, 9.17) is 9.97 Å². The van der Waals surface area contributed by atoms with Crippen molar-refractivity contribution in [3.8, 4) is 11.4 Å². The molecule has 1 aromatic carbocycles. The average molecular weight is 799 g/mol. The summed E-state index contributed by atoms with van der Waals surface area (Å²) in [6, 6.07) is 12.4. The zero-order chi connectivity index (χ0) is 41.2. The van der Waals surface area contributed by atoms with E-state index in [0.29, 0.717) is 65.9 Å². The molecule has 2 aliphatic rings.